The van der Waals surface area contributed by atoms with Crippen LogP contribution in [0.5, 0.6) is 0 Å². The van der Waals surface area contributed by atoms with Gasteiger partial charge in [0.15, 0.2) is 14.3 Å². The maximum absolute atomic E-state index is 15.7. The Labute approximate surface area is 500 Å². The van der Waals surface area contributed by atoms with E-state index in [0.29, 0.717) is 21.7 Å². The third-order valence-corrected chi connectivity index (χ3v) is 18.3. The largest absolute Gasteiger partial charge is 1.00 e. The molecular weight excluding hydrogens is 1080 g/mol. The van der Waals surface area contributed by atoms with Gasteiger partial charge in [0, 0.05) is 68.2 Å². The molecule has 10 rings (SSSR count). The zero-order valence-electron chi connectivity index (χ0n) is 40.1. The molecule has 3 N–H and O–H groups in total. The van der Waals surface area contributed by atoms with Gasteiger partial charge in [-0.25, -0.2) is 8.78 Å². The summed E-state index contributed by atoms with van der Waals surface area (Å²) in [5.74, 6) is -1.13. The van der Waals surface area contributed by atoms with Crippen LogP contribution in [-0.2, 0) is 9.13 Å². The SMILES string of the molecule is C.C.ClCCl.Fc1ccc(-c2ccncc2)c(F)c1.O=P(c1ccccc1)(c1ccccc1)c1ccc(-c2ccncc2)c(P(=O)(c2ccccc2)c2ccccc2)c1.OO.[K+].[OH-].c1ccc(Pc2ccccc2)cc1. The molecule has 0 atom stereocenters. The van der Waals surface area contributed by atoms with Gasteiger partial charge >= 0.3 is 51.4 Å². The number of pyridine rings is 2. The fourth-order valence-electron chi connectivity index (χ4n) is 7.64. The molecule has 0 radical (unpaired) electrons. The van der Waals surface area contributed by atoms with E-state index in [4.69, 9.17) is 33.7 Å². The normalized spacial score (nSPS) is 10.0. The summed E-state index contributed by atoms with van der Waals surface area (Å²) in [5.41, 5.74) is 2.80. The van der Waals surface area contributed by atoms with Gasteiger partial charge in [-0.05, 0) is 69.8 Å². The number of rotatable bonds is 10. The van der Waals surface area contributed by atoms with Crippen molar-refractivity contribution in [3.63, 3.8) is 0 Å². The van der Waals surface area contributed by atoms with Crippen molar-refractivity contribution in [2.45, 2.75) is 14.9 Å². The van der Waals surface area contributed by atoms with Crippen molar-refractivity contribution in [3.8, 4) is 22.3 Å². The molecule has 0 aliphatic rings. The van der Waals surface area contributed by atoms with Crippen LogP contribution in [0.4, 0.5) is 8.78 Å². The quantitative estimate of drug-likeness (QED) is 0.0458. The standard InChI is InChI=1S/C35H27NO2P2.C12H11P.C11H7F2N.CH2Cl2.2CH4.K.H2O2.H2O/c37-39(29-13-5-1-6-14-29,30-15-7-2-8-16-30)33-21-22-34(28-23-25-36-26-24-28)35(27-33)40(38,31-17-9-3-10-18-31)32-19-11-4-12-20-32;1-3-7-11(8-4-1)13-12-9-5-2-6-10-12;12-9-1-2-10(11(13)7-9)8-3-5-14-6-4-8;2-1-3;;;;1-2;/h1-27H;1-10,13H;1-7H;1H2;2*1H4;;1-2H;1H2/q;;;;;;+1;;/p-1. The van der Waals surface area contributed by atoms with Crippen LogP contribution in [0.15, 0.2) is 267 Å². The van der Waals surface area contributed by atoms with E-state index in [1.807, 2.05) is 152 Å². The Morgan fingerprint density at radius 2 is 0.737 bits per heavy atom. The number of alkyl halides is 2. The second-order valence-electron chi connectivity index (χ2n) is 15.3. The van der Waals surface area contributed by atoms with Crippen LogP contribution < -0.4 is 93.8 Å². The van der Waals surface area contributed by atoms with Gasteiger partial charge in [0.2, 0.25) is 0 Å². The minimum absolute atomic E-state index is 0. The van der Waals surface area contributed by atoms with Crippen molar-refractivity contribution in [1.29, 1.82) is 0 Å². The van der Waals surface area contributed by atoms with Crippen LogP contribution in [0.3, 0.4) is 0 Å². The van der Waals surface area contributed by atoms with E-state index < -0.39 is 25.9 Å². The smallest absolute Gasteiger partial charge is 0.870 e. The monoisotopic (exact) mass is 1140 g/mol. The summed E-state index contributed by atoms with van der Waals surface area (Å²) in [4.78, 5) is 8.02. The summed E-state index contributed by atoms with van der Waals surface area (Å²) in [6.07, 6.45) is 6.61. The predicted octanol–water partition coefficient (Wildman–Crippen LogP) is 10.9. The van der Waals surface area contributed by atoms with E-state index in [0.717, 1.165) is 47.0 Å². The molecule has 0 saturated heterocycles. The average Bonchev–Trinajstić information content (AvgIpc) is 3.47. The summed E-state index contributed by atoms with van der Waals surface area (Å²) in [7, 11) is -5.92. The Kier molecular flexibility index (Phi) is 31.2. The van der Waals surface area contributed by atoms with Crippen molar-refractivity contribution in [2.24, 2.45) is 0 Å². The van der Waals surface area contributed by atoms with Crippen LogP contribution in [0.1, 0.15) is 14.9 Å². The van der Waals surface area contributed by atoms with Gasteiger partial charge in [-0.1, -0.05) is 218 Å². The van der Waals surface area contributed by atoms with Crippen LogP contribution in [-0.4, -0.2) is 31.3 Å². The van der Waals surface area contributed by atoms with E-state index in [1.165, 1.54) is 22.7 Å². The molecule has 0 amide bonds. The first-order valence-electron chi connectivity index (χ1n) is 22.3. The Hall–Kier alpha value is -5.09. The maximum Gasteiger partial charge on any atom is 1.00 e. The number of aromatic nitrogens is 2. The second-order valence-corrected chi connectivity index (χ2v) is 23.0. The first-order chi connectivity index (χ1) is 35.2. The minimum atomic E-state index is -3.40. The molecule has 8 aromatic carbocycles. The zero-order valence-corrected chi connectivity index (χ0v) is 47.5. The number of halogens is 4. The summed E-state index contributed by atoms with van der Waals surface area (Å²) in [6, 6.07) is 76.1. The van der Waals surface area contributed by atoms with Gasteiger partial charge in [-0.3, -0.25) is 20.5 Å². The Morgan fingerprint density at radius 1 is 0.421 bits per heavy atom. The third kappa shape index (κ3) is 18.0. The van der Waals surface area contributed by atoms with E-state index >= 15 is 9.13 Å². The van der Waals surface area contributed by atoms with E-state index in [1.54, 1.807) is 36.9 Å². The summed E-state index contributed by atoms with van der Waals surface area (Å²) < 4.78 is 56.9. The number of benzene rings is 8. The van der Waals surface area contributed by atoms with Crippen LogP contribution in [0, 0.1) is 11.6 Å². The van der Waals surface area contributed by atoms with Gasteiger partial charge in [0.25, 0.3) is 0 Å². The van der Waals surface area contributed by atoms with E-state index in [2.05, 4.69) is 70.6 Å². The molecule has 2 aromatic heterocycles. The molecule has 0 bridgehead atoms. The molecule has 7 nitrogen and oxygen atoms in total. The van der Waals surface area contributed by atoms with Crippen molar-refractivity contribution in [2.75, 3.05) is 5.34 Å². The van der Waals surface area contributed by atoms with Crippen LogP contribution >= 0.6 is 46.1 Å². The van der Waals surface area contributed by atoms with E-state index in [-0.39, 0.29) is 77.1 Å². The van der Waals surface area contributed by atoms with E-state index in [9.17, 15) is 8.78 Å². The molecule has 0 unspecified atom stereocenters. The Bertz CT molecular complexity index is 3140. The Balaban J connectivity index is 0.000000450. The minimum Gasteiger partial charge on any atom is -0.870 e. The summed E-state index contributed by atoms with van der Waals surface area (Å²) in [5, 5.41) is 19.2. The molecule has 0 saturated carbocycles. The molecule has 0 aliphatic carbocycles. The predicted molar refractivity (Wildman–Crippen MR) is 316 cm³/mol. The molecule has 15 heteroatoms. The molecule has 0 aliphatic heterocycles. The average molecular weight is 1140 g/mol. The van der Waals surface area contributed by atoms with Crippen molar-refractivity contribution >= 4 is 88.5 Å². The third-order valence-electron chi connectivity index (χ3n) is 10.9. The van der Waals surface area contributed by atoms with Crippen molar-refractivity contribution in [3.05, 3.63) is 279 Å². The van der Waals surface area contributed by atoms with Gasteiger partial charge < -0.3 is 14.6 Å². The fraction of sp³-hybridized carbons (Fsp3) is 0.0492. The summed E-state index contributed by atoms with van der Waals surface area (Å²) in [6.45, 7) is 0. The van der Waals surface area contributed by atoms with Crippen molar-refractivity contribution < 1.29 is 85.3 Å². The number of nitrogens with zero attached hydrogens (tertiary/aromatic N) is 2. The van der Waals surface area contributed by atoms with Gasteiger partial charge in [0.05, 0.1) is 5.34 Å². The zero-order chi connectivity index (χ0) is 51.0. The molecule has 0 spiro atoms. The molecule has 0 fully saturated rings. The first kappa shape index (κ1) is 67.0. The second kappa shape index (κ2) is 35.3. The van der Waals surface area contributed by atoms with Gasteiger partial charge in [-0.2, -0.15) is 0 Å². The Morgan fingerprint density at radius 3 is 1.09 bits per heavy atom. The maximum atomic E-state index is 15.7. The topological polar surface area (TPSA) is 130 Å². The fourth-order valence-corrected chi connectivity index (χ4v) is 14.4. The van der Waals surface area contributed by atoms with Gasteiger partial charge in [0.1, 0.15) is 11.6 Å². The van der Waals surface area contributed by atoms with Crippen LogP contribution in [0.25, 0.3) is 22.3 Å². The molecule has 76 heavy (non-hydrogen) atoms. The molecule has 10 aromatic rings. The molecule has 2 heterocycles. The number of hydrogen-bond donors (Lipinski definition) is 2. The van der Waals surface area contributed by atoms with Crippen LogP contribution in [0.2, 0.25) is 0 Å². The molecular formula is C61H58Cl2F2KN2O5P3. The number of hydrogen-bond acceptors (Lipinski definition) is 7. The molecule has 386 valence electrons. The first-order valence-corrected chi connectivity index (χ1v) is 27.8. The van der Waals surface area contributed by atoms with Gasteiger partial charge in [-0.15, -0.1) is 23.2 Å². The summed E-state index contributed by atoms with van der Waals surface area (Å²) >= 11 is 9.53. The van der Waals surface area contributed by atoms with Crippen molar-refractivity contribution in [1.82, 2.24) is 9.97 Å².